The Hall–Kier alpha value is -3.36. The van der Waals surface area contributed by atoms with E-state index in [0.717, 1.165) is 12.1 Å². The van der Waals surface area contributed by atoms with Crippen molar-refractivity contribution in [3.63, 3.8) is 0 Å². The Morgan fingerprint density at radius 3 is 2.41 bits per heavy atom. The minimum Gasteiger partial charge on any atom is -0.482 e. The van der Waals surface area contributed by atoms with E-state index in [1.165, 1.54) is 12.1 Å². The molecule has 27 heavy (non-hydrogen) atoms. The van der Waals surface area contributed by atoms with Crippen LogP contribution >= 0.6 is 0 Å². The molecule has 2 aromatic carbocycles. The molecular weight excluding hydrogens is 365 g/mol. The monoisotopic (exact) mass is 378 g/mol. The van der Waals surface area contributed by atoms with Gasteiger partial charge in [0.2, 0.25) is 5.82 Å². The third-order valence-electron chi connectivity index (χ3n) is 3.40. The largest absolute Gasteiger partial charge is 0.482 e. The fourth-order valence-corrected chi connectivity index (χ4v) is 2.08. The molecule has 0 aliphatic rings. The number of aromatic nitrogens is 2. The average molecular weight is 378 g/mol. The minimum absolute atomic E-state index is 0.0120. The minimum atomic E-state index is -4.42. The summed E-state index contributed by atoms with van der Waals surface area (Å²) in [7, 11) is 0. The van der Waals surface area contributed by atoms with Gasteiger partial charge in [-0.05, 0) is 24.3 Å². The van der Waals surface area contributed by atoms with E-state index in [1.807, 2.05) is 6.07 Å². The normalized spacial score (nSPS) is 11.2. The maximum atomic E-state index is 12.6. The van der Waals surface area contributed by atoms with Gasteiger partial charge in [-0.3, -0.25) is 0 Å². The van der Waals surface area contributed by atoms with Gasteiger partial charge in [-0.1, -0.05) is 35.5 Å². The van der Waals surface area contributed by atoms with Crippen LogP contribution in [0.5, 0.6) is 5.75 Å². The number of hydrogen-bond donors (Lipinski definition) is 0. The van der Waals surface area contributed by atoms with Crippen molar-refractivity contribution in [2.24, 2.45) is 0 Å². The lowest BCUT2D eigenvalue weighted by Crippen LogP contribution is -2.14. The van der Waals surface area contributed by atoms with Crippen molar-refractivity contribution in [1.82, 2.24) is 10.1 Å². The Kier molecular flexibility index (Phi) is 5.39. The highest BCUT2D eigenvalue weighted by Gasteiger charge is 2.30. The van der Waals surface area contributed by atoms with Crippen molar-refractivity contribution in [3.8, 4) is 17.1 Å². The summed E-state index contributed by atoms with van der Waals surface area (Å²) in [5.41, 5.74) is -0.431. The predicted molar refractivity (Wildman–Crippen MR) is 86.5 cm³/mol. The number of ether oxygens (including phenoxy) is 2. The molecule has 0 aliphatic heterocycles. The van der Waals surface area contributed by atoms with Crippen LogP contribution in [0, 0.1) is 0 Å². The van der Waals surface area contributed by atoms with Gasteiger partial charge < -0.3 is 14.0 Å². The van der Waals surface area contributed by atoms with Crippen LogP contribution in [0.25, 0.3) is 11.4 Å². The van der Waals surface area contributed by atoms with Crippen LogP contribution in [-0.4, -0.2) is 22.7 Å². The SMILES string of the molecule is O=C(COc1ccccc1)OCc1nc(-c2ccc(C(F)(F)F)cc2)no1. The van der Waals surface area contributed by atoms with Gasteiger partial charge in [0.1, 0.15) is 5.75 Å². The first-order chi connectivity index (χ1) is 12.9. The molecule has 1 aromatic heterocycles. The summed E-state index contributed by atoms with van der Waals surface area (Å²) < 4.78 is 52.8. The van der Waals surface area contributed by atoms with E-state index in [2.05, 4.69) is 10.1 Å². The number of benzene rings is 2. The standard InChI is InChI=1S/C18H13F3N2O4/c19-18(20,21)13-8-6-12(7-9-13)17-22-15(27-23-17)10-26-16(24)11-25-14-4-2-1-3-5-14/h1-9H,10-11H2. The van der Waals surface area contributed by atoms with Crippen molar-refractivity contribution in [3.05, 3.63) is 66.1 Å². The van der Waals surface area contributed by atoms with E-state index in [4.69, 9.17) is 14.0 Å². The van der Waals surface area contributed by atoms with Crippen LogP contribution in [0.15, 0.2) is 59.1 Å². The van der Waals surface area contributed by atoms with Crippen LogP contribution < -0.4 is 4.74 Å². The Bertz CT molecular complexity index is 893. The molecule has 9 heteroatoms. The van der Waals surface area contributed by atoms with E-state index in [1.54, 1.807) is 24.3 Å². The van der Waals surface area contributed by atoms with E-state index >= 15 is 0 Å². The second-order valence-electron chi connectivity index (χ2n) is 5.35. The molecule has 0 saturated carbocycles. The number of para-hydroxylation sites is 1. The van der Waals surface area contributed by atoms with Crippen molar-refractivity contribution in [2.75, 3.05) is 6.61 Å². The van der Waals surface area contributed by atoms with Gasteiger partial charge in [0.15, 0.2) is 13.2 Å². The van der Waals surface area contributed by atoms with Crippen LogP contribution in [-0.2, 0) is 22.3 Å². The van der Waals surface area contributed by atoms with Gasteiger partial charge in [0.25, 0.3) is 5.89 Å². The Balaban J connectivity index is 1.52. The quantitative estimate of drug-likeness (QED) is 0.606. The molecule has 0 unspecified atom stereocenters. The second kappa shape index (κ2) is 7.90. The Labute approximate surface area is 151 Å². The van der Waals surface area contributed by atoms with Crippen LogP contribution in [0.4, 0.5) is 13.2 Å². The van der Waals surface area contributed by atoms with Gasteiger partial charge in [0, 0.05) is 5.56 Å². The van der Waals surface area contributed by atoms with E-state index in [0.29, 0.717) is 11.3 Å². The lowest BCUT2D eigenvalue weighted by atomic mass is 10.1. The number of nitrogens with zero attached hydrogens (tertiary/aromatic N) is 2. The maximum absolute atomic E-state index is 12.6. The van der Waals surface area contributed by atoms with Crippen LogP contribution in [0.1, 0.15) is 11.5 Å². The molecule has 0 fully saturated rings. The molecule has 6 nitrogen and oxygen atoms in total. The lowest BCUT2D eigenvalue weighted by molar-refractivity contribution is -0.148. The first-order valence-corrected chi connectivity index (χ1v) is 7.75. The third kappa shape index (κ3) is 5.06. The summed E-state index contributed by atoms with van der Waals surface area (Å²) in [5, 5.41) is 3.66. The molecule has 0 atom stereocenters. The maximum Gasteiger partial charge on any atom is 0.416 e. The predicted octanol–water partition coefficient (Wildman–Crippen LogP) is 3.88. The van der Waals surface area contributed by atoms with Gasteiger partial charge in [0.05, 0.1) is 5.56 Å². The van der Waals surface area contributed by atoms with Gasteiger partial charge in [-0.2, -0.15) is 18.2 Å². The van der Waals surface area contributed by atoms with Crippen molar-refractivity contribution < 1.29 is 32.0 Å². The molecule has 1 heterocycles. The highest BCUT2D eigenvalue weighted by Crippen LogP contribution is 2.30. The van der Waals surface area contributed by atoms with Gasteiger partial charge >= 0.3 is 12.1 Å². The molecule has 3 rings (SSSR count). The zero-order chi connectivity index (χ0) is 19.3. The number of carbonyl (C=O) groups excluding carboxylic acids is 1. The molecule has 0 bridgehead atoms. The molecule has 0 N–H and O–H groups in total. The highest BCUT2D eigenvalue weighted by molar-refractivity contribution is 5.71. The first kappa shape index (κ1) is 18.4. The molecule has 0 saturated heterocycles. The number of halogens is 3. The summed E-state index contributed by atoms with van der Waals surface area (Å²) in [6.07, 6.45) is -4.42. The molecule has 0 radical (unpaired) electrons. The summed E-state index contributed by atoms with van der Waals surface area (Å²) in [6, 6.07) is 13.1. The van der Waals surface area contributed by atoms with Crippen molar-refractivity contribution in [1.29, 1.82) is 0 Å². The summed E-state index contributed by atoms with van der Waals surface area (Å²) >= 11 is 0. The number of alkyl halides is 3. The van der Waals surface area contributed by atoms with E-state index in [-0.39, 0.29) is 24.9 Å². The van der Waals surface area contributed by atoms with E-state index < -0.39 is 17.7 Å². The smallest absolute Gasteiger partial charge is 0.416 e. The third-order valence-corrected chi connectivity index (χ3v) is 3.40. The Morgan fingerprint density at radius 2 is 1.74 bits per heavy atom. The lowest BCUT2D eigenvalue weighted by Gasteiger charge is -2.05. The second-order valence-corrected chi connectivity index (χ2v) is 5.35. The molecule has 0 aliphatic carbocycles. The zero-order valence-corrected chi connectivity index (χ0v) is 13.8. The number of rotatable bonds is 6. The number of esters is 1. The van der Waals surface area contributed by atoms with Crippen molar-refractivity contribution in [2.45, 2.75) is 12.8 Å². The van der Waals surface area contributed by atoms with Gasteiger partial charge in [-0.25, -0.2) is 4.79 Å². The first-order valence-electron chi connectivity index (χ1n) is 7.75. The van der Waals surface area contributed by atoms with Gasteiger partial charge in [-0.15, -0.1) is 0 Å². The molecule has 3 aromatic rings. The highest BCUT2D eigenvalue weighted by atomic mass is 19.4. The molecule has 0 spiro atoms. The summed E-state index contributed by atoms with van der Waals surface area (Å²) in [4.78, 5) is 15.6. The molecule has 140 valence electrons. The van der Waals surface area contributed by atoms with Crippen LogP contribution in [0.3, 0.4) is 0 Å². The summed E-state index contributed by atoms with van der Waals surface area (Å²) in [6.45, 7) is -0.561. The topological polar surface area (TPSA) is 74.5 Å². The average Bonchev–Trinajstić information content (AvgIpc) is 3.14. The van der Waals surface area contributed by atoms with Crippen LogP contribution in [0.2, 0.25) is 0 Å². The molecular formula is C18H13F3N2O4. The number of hydrogen-bond acceptors (Lipinski definition) is 6. The van der Waals surface area contributed by atoms with E-state index in [9.17, 15) is 18.0 Å². The zero-order valence-electron chi connectivity index (χ0n) is 13.8. The molecule has 0 amide bonds. The van der Waals surface area contributed by atoms with Crippen molar-refractivity contribution >= 4 is 5.97 Å². The fourth-order valence-electron chi connectivity index (χ4n) is 2.08. The summed E-state index contributed by atoms with van der Waals surface area (Å²) in [5.74, 6) is -0.00164. The Morgan fingerprint density at radius 1 is 1.04 bits per heavy atom. The fraction of sp³-hybridized carbons (Fsp3) is 0.167. The number of carbonyl (C=O) groups is 1.